The molecule has 10 nitrogen and oxygen atoms in total. The number of morpholine rings is 1. The van der Waals surface area contributed by atoms with Crippen molar-refractivity contribution in [3.05, 3.63) is 48.3 Å². The van der Waals surface area contributed by atoms with E-state index in [2.05, 4.69) is 20.5 Å². The zero-order valence-corrected chi connectivity index (χ0v) is 18.1. The van der Waals surface area contributed by atoms with Crippen molar-refractivity contribution in [3.63, 3.8) is 0 Å². The Hall–Kier alpha value is -3.57. The maximum absolute atomic E-state index is 12.9. The molecular formula is C21H21N5O5S. The van der Waals surface area contributed by atoms with E-state index < -0.39 is 0 Å². The van der Waals surface area contributed by atoms with Crippen molar-refractivity contribution in [1.82, 2.24) is 20.1 Å². The average molecular weight is 455 g/mol. The number of hydrogen-bond donors (Lipinski definition) is 1. The second kappa shape index (κ2) is 10.2. The van der Waals surface area contributed by atoms with Gasteiger partial charge in [0, 0.05) is 36.6 Å². The molecule has 32 heavy (non-hydrogen) atoms. The van der Waals surface area contributed by atoms with Crippen LogP contribution in [-0.2, 0) is 9.53 Å². The minimum atomic E-state index is -0.375. The lowest BCUT2D eigenvalue weighted by atomic mass is 10.0. The minimum absolute atomic E-state index is 0.146. The van der Waals surface area contributed by atoms with E-state index in [9.17, 15) is 9.59 Å². The Balaban J connectivity index is 1.42. The van der Waals surface area contributed by atoms with Crippen LogP contribution >= 0.6 is 11.3 Å². The fraction of sp³-hybridized carbons (Fsp3) is 0.286. The van der Waals surface area contributed by atoms with E-state index >= 15 is 0 Å². The average Bonchev–Trinajstić information content (AvgIpc) is 3.30. The number of pyridine rings is 1. The lowest BCUT2D eigenvalue weighted by molar-refractivity contribution is -0.137. The van der Waals surface area contributed by atoms with Gasteiger partial charge in [-0.15, -0.1) is 5.10 Å². The summed E-state index contributed by atoms with van der Waals surface area (Å²) in [6.07, 6.45) is 3.15. The zero-order valence-electron chi connectivity index (χ0n) is 17.3. The van der Waals surface area contributed by atoms with E-state index in [-0.39, 0.29) is 28.7 Å². The van der Waals surface area contributed by atoms with Gasteiger partial charge in [-0.2, -0.15) is 0 Å². The summed E-state index contributed by atoms with van der Waals surface area (Å²) in [5.74, 6) is 0.110. The Morgan fingerprint density at radius 3 is 2.78 bits per heavy atom. The number of amides is 2. The summed E-state index contributed by atoms with van der Waals surface area (Å²) in [4.78, 5) is 30.9. The van der Waals surface area contributed by atoms with Crippen LogP contribution in [0.25, 0.3) is 11.1 Å². The molecule has 1 aromatic carbocycles. The summed E-state index contributed by atoms with van der Waals surface area (Å²) in [6, 6.07) is 9.01. The Morgan fingerprint density at radius 2 is 1.97 bits per heavy atom. The highest BCUT2D eigenvalue weighted by Crippen LogP contribution is 2.32. The van der Waals surface area contributed by atoms with Crippen LogP contribution in [0.4, 0.5) is 5.13 Å². The van der Waals surface area contributed by atoms with Crippen LogP contribution in [0.1, 0.15) is 10.4 Å². The first-order valence-electron chi connectivity index (χ1n) is 9.86. The molecule has 0 aliphatic carbocycles. The van der Waals surface area contributed by atoms with Crippen LogP contribution in [0.5, 0.6) is 10.9 Å². The first-order valence-corrected chi connectivity index (χ1v) is 10.7. The molecule has 0 atom stereocenters. The third-order valence-corrected chi connectivity index (χ3v) is 5.52. The number of aromatic nitrogens is 3. The number of carbonyl (C=O) groups excluding carboxylic acids is 2. The van der Waals surface area contributed by atoms with Gasteiger partial charge in [0.15, 0.2) is 6.61 Å². The molecule has 3 heterocycles. The molecule has 1 fully saturated rings. The normalized spacial score (nSPS) is 13.5. The Morgan fingerprint density at radius 1 is 1.16 bits per heavy atom. The topological polar surface area (TPSA) is 116 Å². The number of anilines is 1. The number of nitrogens with zero attached hydrogens (tertiary/aromatic N) is 4. The number of benzene rings is 1. The Labute approximate surface area is 188 Å². The minimum Gasteiger partial charge on any atom is -0.496 e. The number of methoxy groups -OCH3 is 1. The molecule has 0 unspecified atom stereocenters. The lowest BCUT2D eigenvalue weighted by Gasteiger charge is -2.26. The van der Waals surface area contributed by atoms with Crippen molar-refractivity contribution in [2.24, 2.45) is 0 Å². The van der Waals surface area contributed by atoms with Crippen LogP contribution in [0.15, 0.2) is 42.7 Å². The molecule has 1 aliphatic rings. The highest BCUT2D eigenvalue weighted by atomic mass is 32.1. The predicted octanol–water partition coefficient (Wildman–Crippen LogP) is 2.10. The maximum atomic E-state index is 12.9. The summed E-state index contributed by atoms with van der Waals surface area (Å²) in [7, 11) is 1.57. The molecule has 0 spiro atoms. The molecule has 1 saturated heterocycles. The van der Waals surface area contributed by atoms with Crippen LogP contribution in [0, 0.1) is 0 Å². The fourth-order valence-electron chi connectivity index (χ4n) is 3.18. The second-order valence-electron chi connectivity index (χ2n) is 6.73. The maximum Gasteiger partial charge on any atom is 0.296 e. The van der Waals surface area contributed by atoms with Crippen molar-refractivity contribution >= 4 is 28.3 Å². The monoisotopic (exact) mass is 455 g/mol. The van der Waals surface area contributed by atoms with Crippen LogP contribution in [-0.4, -0.2) is 71.9 Å². The van der Waals surface area contributed by atoms with E-state index in [0.29, 0.717) is 43.2 Å². The summed E-state index contributed by atoms with van der Waals surface area (Å²) in [6.45, 7) is 1.98. The van der Waals surface area contributed by atoms with Gasteiger partial charge in [0.25, 0.3) is 17.0 Å². The lowest BCUT2D eigenvalue weighted by Crippen LogP contribution is -2.42. The van der Waals surface area contributed by atoms with E-state index in [0.717, 1.165) is 16.9 Å². The van der Waals surface area contributed by atoms with Gasteiger partial charge in [-0.3, -0.25) is 19.9 Å². The molecule has 0 radical (unpaired) electrons. The van der Waals surface area contributed by atoms with Gasteiger partial charge < -0.3 is 19.1 Å². The number of rotatable bonds is 7. The van der Waals surface area contributed by atoms with Gasteiger partial charge in [-0.1, -0.05) is 23.3 Å². The molecular weight excluding hydrogens is 434 g/mol. The highest BCUT2D eigenvalue weighted by molar-refractivity contribution is 7.17. The third kappa shape index (κ3) is 5.01. The standard InChI is InChI=1S/C21H21N5O5S/c1-29-17-5-3-2-4-14(17)16-12-22-7-6-15(16)19(28)23-20-24-25-21(32-20)31-13-18(27)26-8-10-30-11-9-26/h2-7,12H,8-11,13H2,1H3,(H,23,24,28). The van der Waals surface area contributed by atoms with Gasteiger partial charge >= 0.3 is 0 Å². The second-order valence-corrected chi connectivity index (χ2v) is 7.67. The molecule has 1 N–H and O–H groups in total. The van der Waals surface area contributed by atoms with Gasteiger partial charge in [-0.05, 0) is 23.5 Å². The van der Waals surface area contributed by atoms with E-state index in [1.165, 1.54) is 0 Å². The Kier molecular flexibility index (Phi) is 6.87. The van der Waals surface area contributed by atoms with Crippen LogP contribution < -0.4 is 14.8 Å². The summed E-state index contributed by atoms with van der Waals surface area (Å²) < 4.78 is 16.1. The number of ether oxygens (including phenoxy) is 3. The zero-order chi connectivity index (χ0) is 22.3. The van der Waals surface area contributed by atoms with E-state index in [1.54, 1.807) is 30.5 Å². The third-order valence-electron chi connectivity index (χ3n) is 4.77. The molecule has 1 aliphatic heterocycles. The number of para-hydroxylation sites is 1. The van der Waals surface area contributed by atoms with Crippen molar-refractivity contribution < 1.29 is 23.8 Å². The van der Waals surface area contributed by atoms with Gasteiger partial charge in [0.2, 0.25) is 5.13 Å². The molecule has 2 amide bonds. The quantitative estimate of drug-likeness (QED) is 0.576. The van der Waals surface area contributed by atoms with Crippen molar-refractivity contribution in [2.75, 3.05) is 45.3 Å². The van der Waals surface area contributed by atoms with Gasteiger partial charge in [0.1, 0.15) is 5.75 Å². The largest absolute Gasteiger partial charge is 0.496 e. The fourth-order valence-corrected chi connectivity index (χ4v) is 3.78. The molecule has 0 bridgehead atoms. The number of nitrogens with one attached hydrogen (secondary N) is 1. The Bertz CT molecular complexity index is 1100. The van der Waals surface area contributed by atoms with E-state index in [1.807, 2.05) is 24.3 Å². The number of hydrogen-bond acceptors (Lipinski definition) is 9. The molecule has 11 heteroatoms. The SMILES string of the molecule is COc1ccccc1-c1cnccc1C(=O)Nc1nnc(OCC(=O)N2CCOCC2)s1. The van der Waals surface area contributed by atoms with Gasteiger partial charge in [-0.25, -0.2) is 0 Å². The summed E-state index contributed by atoms with van der Waals surface area (Å²) in [5.41, 5.74) is 1.78. The highest BCUT2D eigenvalue weighted by Gasteiger charge is 2.20. The number of carbonyl (C=O) groups is 2. The molecule has 2 aromatic heterocycles. The predicted molar refractivity (Wildman–Crippen MR) is 117 cm³/mol. The molecule has 0 saturated carbocycles. The summed E-state index contributed by atoms with van der Waals surface area (Å²) >= 11 is 1.04. The van der Waals surface area contributed by atoms with Gasteiger partial charge in [0.05, 0.1) is 25.9 Å². The van der Waals surface area contributed by atoms with Crippen molar-refractivity contribution in [3.8, 4) is 22.1 Å². The van der Waals surface area contributed by atoms with Crippen molar-refractivity contribution in [2.45, 2.75) is 0 Å². The molecule has 166 valence electrons. The van der Waals surface area contributed by atoms with Crippen molar-refractivity contribution in [1.29, 1.82) is 0 Å². The first-order chi connectivity index (χ1) is 15.7. The first kappa shape index (κ1) is 21.7. The molecule has 4 rings (SSSR count). The summed E-state index contributed by atoms with van der Waals surface area (Å²) in [5, 5.41) is 11.0. The van der Waals surface area contributed by atoms with E-state index in [4.69, 9.17) is 14.2 Å². The van der Waals surface area contributed by atoms with Crippen LogP contribution in [0.2, 0.25) is 0 Å². The molecule has 3 aromatic rings. The van der Waals surface area contributed by atoms with Crippen LogP contribution in [0.3, 0.4) is 0 Å². The smallest absolute Gasteiger partial charge is 0.296 e.